The third kappa shape index (κ3) is 4.17. The van der Waals surface area contributed by atoms with Crippen LogP contribution in [-0.4, -0.2) is 49.5 Å². The van der Waals surface area contributed by atoms with Gasteiger partial charge in [-0.05, 0) is 38.1 Å². The average molecular weight is 453 g/mol. The van der Waals surface area contributed by atoms with Gasteiger partial charge in [0.1, 0.15) is 5.00 Å². The second-order valence-corrected chi connectivity index (χ2v) is 8.20. The van der Waals surface area contributed by atoms with E-state index in [9.17, 15) is 9.90 Å². The first kappa shape index (κ1) is 19.9. The topological polar surface area (TPSA) is 71.4 Å². The SMILES string of the molecule is CCOc1cc(Br)cc(/C=N/c2sc3c(c2C(=O)OC)CCN(C)C3)c1O. The van der Waals surface area contributed by atoms with Crippen molar-refractivity contribution in [2.75, 3.05) is 27.3 Å². The quantitative estimate of drug-likeness (QED) is 0.545. The van der Waals surface area contributed by atoms with Gasteiger partial charge in [-0.3, -0.25) is 0 Å². The molecule has 144 valence electrons. The fourth-order valence-corrected chi connectivity index (χ4v) is 4.72. The molecule has 0 aliphatic carbocycles. The molecule has 8 heteroatoms. The fourth-order valence-electron chi connectivity index (χ4n) is 3.01. The van der Waals surface area contributed by atoms with Gasteiger partial charge in [-0.1, -0.05) is 15.9 Å². The number of nitrogens with zero attached hydrogens (tertiary/aromatic N) is 2. The van der Waals surface area contributed by atoms with E-state index in [0.717, 1.165) is 34.4 Å². The first-order valence-electron chi connectivity index (χ1n) is 8.55. The van der Waals surface area contributed by atoms with Gasteiger partial charge in [0.15, 0.2) is 11.5 Å². The number of phenolic OH excluding ortho intramolecular Hbond substituents is 1. The summed E-state index contributed by atoms with van der Waals surface area (Å²) in [4.78, 5) is 20.2. The average Bonchev–Trinajstić information content (AvgIpc) is 3.00. The van der Waals surface area contributed by atoms with Crippen LogP contribution in [0.1, 0.15) is 33.3 Å². The molecule has 6 nitrogen and oxygen atoms in total. The van der Waals surface area contributed by atoms with Crippen molar-refractivity contribution < 1.29 is 19.4 Å². The largest absolute Gasteiger partial charge is 0.504 e. The van der Waals surface area contributed by atoms with Crippen molar-refractivity contribution in [3.05, 3.63) is 38.2 Å². The van der Waals surface area contributed by atoms with Gasteiger partial charge in [-0.25, -0.2) is 9.79 Å². The number of fused-ring (bicyclic) bond motifs is 1. The highest BCUT2D eigenvalue weighted by Crippen LogP contribution is 2.40. The normalized spacial score (nSPS) is 14.4. The number of likely N-dealkylation sites (N-methyl/N-ethyl adjacent to an activating group) is 1. The van der Waals surface area contributed by atoms with Gasteiger partial charge >= 0.3 is 5.97 Å². The molecule has 1 aromatic heterocycles. The number of rotatable bonds is 5. The first-order chi connectivity index (χ1) is 12.9. The molecule has 27 heavy (non-hydrogen) atoms. The number of phenols is 1. The maximum atomic E-state index is 12.3. The molecule has 0 unspecified atom stereocenters. The molecule has 0 saturated carbocycles. The van der Waals surface area contributed by atoms with Crippen molar-refractivity contribution in [2.24, 2.45) is 4.99 Å². The Bertz CT molecular complexity index is 894. The van der Waals surface area contributed by atoms with Gasteiger partial charge in [-0.2, -0.15) is 0 Å². The predicted molar refractivity (Wildman–Crippen MR) is 110 cm³/mol. The van der Waals surface area contributed by atoms with E-state index in [1.54, 1.807) is 18.3 Å². The molecular formula is C19H21BrN2O4S. The molecule has 0 amide bonds. The fraction of sp³-hybridized carbons (Fsp3) is 0.368. The number of hydrogen-bond acceptors (Lipinski definition) is 7. The van der Waals surface area contributed by atoms with E-state index in [-0.39, 0.29) is 11.7 Å². The summed E-state index contributed by atoms with van der Waals surface area (Å²) >= 11 is 4.90. The summed E-state index contributed by atoms with van der Waals surface area (Å²) in [6.07, 6.45) is 2.34. The molecule has 0 saturated heterocycles. The van der Waals surface area contributed by atoms with Crippen LogP contribution in [0.2, 0.25) is 0 Å². The van der Waals surface area contributed by atoms with Crippen LogP contribution in [0, 0.1) is 0 Å². The van der Waals surface area contributed by atoms with E-state index in [1.807, 2.05) is 6.92 Å². The van der Waals surface area contributed by atoms with Crippen LogP contribution in [0.15, 0.2) is 21.6 Å². The Hall–Kier alpha value is -1.90. The maximum absolute atomic E-state index is 12.3. The molecule has 0 atom stereocenters. The Morgan fingerprint density at radius 3 is 2.96 bits per heavy atom. The number of benzene rings is 1. The highest BCUT2D eigenvalue weighted by atomic mass is 79.9. The van der Waals surface area contributed by atoms with Gasteiger partial charge in [-0.15, -0.1) is 11.3 Å². The van der Waals surface area contributed by atoms with Gasteiger partial charge in [0.2, 0.25) is 0 Å². The van der Waals surface area contributed by atoms with Crippen LogP contribution >= 0.6 is 27.3 Å². The molecule has 0 spiro atoms. The maximum Gasteiger partial charge on any atom is 0.341 e. The minimum absolute atomic E-state index is 0.0180. The summed E-state index contributed by atoms with van der Waals surface area (Å²) in [6, 6.07) is 3.45. The van der Waals surface area contributed by atoms with Gasteiger partial charge in [0.05, 0.1) is 19.3 Å². The summed E-state index contributed by atoms with van der Waals surface area (Å²) < 4.78 is 11.2. The van der Waals surface area contributed by atoms with Crippen molar-refractivity contribution in [1.29, 1.82) is 0 Å². The number of carbonyl (C=O) groups is 1. The van der Waals surface area contributed by atoms with Crippen molar-refractivity contribution in [1.82, 2.24) is 4.90 Å². The molecule has 1 aromatic carbocycles. The highest BCUT2D eigenvalue weighted by Gasteiger charge is 2.27. The van der Waals surface area contributed by atoms with Crippen molar-refractivity contribution in [3.63, 3.8) is 0 Å². The van der Waals surface area contributed by atoms with Crippen LogP contribution in [0.3, 0.4) is 0 Å². The predicted octanol–water partition coefficient (Wildman–Crippen LogP) is 4.14. The molecule has 0 fully saturated rings. The number of methoxy groups -OCH3 is 1. The molecule has 0 radical (unpaired) electrons. The van der Waals surface area contributed by atoms with Crippen LogP contribution in [0.5, 0.6) is 11.5 Å². The molecule has 0 bridgehead atoms. The number of carbonyl (C=O) groups excluding carboxylic acids is 1. The Kier molecular flexibility index (Phi) is 6.18. The summed E-state index contributed by atoms with van der Waals surface area (Å²) in [5.74, 6) is 0.0239. The van der Waals surface area contributed by atoms with Gasteiger partial charge in [0.25, 0.3) is 0 Å². The Labute approximate surface area is 170 Å². The number of aliphatic imine (C=N–C) groups is 1. The van der Waals surface area contributed by atoms with E-state index in [1.165, 1.54) is 18.4 Å². The minimum atomic E-state index is -0.377. The van der Waals surface area contributed by atoms with E-state index >= 15 is 0 Å². The van der Waals surface area contributed by atoms with Gasteiger partial charge in [0, 0.05) is 34.2 Å². The Morgan fingerprint density at radius 1 is 1.48 bits per heavy atom. The lowest BCUT2D eigenvalue weighted by atomic mass is 10.0. The molecule has 2 aromatic rings. The standard InChI is InChI=1S/C19H21BrN2O4S/c1-4-26-14-8-12(20)7-11(17(14)23)9-21-18-16(19(24)25-3)13-5-6-22(2)10-15(13)27-18/h7-9,23H,4-6,10H2,1-3H3/b21-9+. The van der Waals surface area contributed by atoms with E-state index in [0.29, 0.717) is 28.5 Å². The van der Waals surface area contributed by atoms with E-state index < -0.39 is 0 Å². The van der Waals surface area contributed by atoms with Crippen LogP contribution in [0.4, 0.5) is 5.00 Å². The third-order valence-corrected chi connectivity index (χ3v) is 5.89. The van der Waals surface area contributed by atoms with E-state index in [4.69, 9.17) is 9.47 Å². The number of halogens is 1. The van der Waals surface area contributed by atoms with Gasteiger partial charge < -0.3 is 19.5 Å². The third-order valence-electron chi connectivity index (χ3n) is 4.31. The summed E-state index contributed by atoms with van der Waals surface area (Å²) in [5, 5.41) is 11.0. The van der Waals surface area contributed by atoms with E-state index in [2.05, 4.69) is 32.9 Å². The smallest absolute Gasteiger partial charge is 0.341 e. The number of aromatic hydroxyl groups is 1. The number of thiophene rings is 1. The lowest BCUT2D eigenvalue weighted by Crippen LogP contribution is -2.26. The zero-order valence-corrected chi connectivity index (χ0v) is 17.8. The number of ether oxygens (including phenoxy) is 2. The summed E-state index contributed by atoms with van der Waals surface area (Å²) in [7, 11) is 3.43. The zero-order valence-electron chi connectivity index (χ0n) is 15.4. The van der Waals surface area contributed by atoms with Crippen LogP contribution < -0.4 is 4.74 Å². The van der Waals surface area contributed by atoms with Crippen molar-refractivity contribution in [3.8, 4) is 11.5 Å². The molecule has 3 rings (SSSR count). The van der Waals surface area contributed by atoms with Crippen LogP contribution in [0.25, 0.3) is 0 Å². The van der Waals surface area contributed by atoms with Crippen molar-refractivity contribution >= 4 is 44.5 Å². The minimum Gasteiger partial charge on any atom is -0.504 e. The molecule has 1 N–H and O–H groups in total. The molecule has 1 aliphatic rings. The lowest BCUT2D eigenvalue weighted by Gasteiger charge is -2.22. The lowest BCUT2D eigenvalue weighted by molar-refractivity contribution is 0.0600. The molecular weight excluding hydrogens is 432 g/mol. The first-order valence-corrected chi connectivity index (χ1v) is 10.2. The molecule has 1 aliphatic heterocycles. The number of hydrogen-bond donors (Lipinski definition) is 1. The zero-order chi connectivity index (χ0) is 19.6. The highest BCUT2D eigenvalue weighted by molar-refractivity contribution is 9.10. The summed E-state index contributed by atoms with van der Waals surface area (Å²) in [6.45, 7) is 3.97. The van der Waals surface area contributed by atoms with Crippen LogP contribution in [-0.2, 0) is 17.7 Å². The second-order valence-electron chi connectivity index (χ2n) is 6.20. The Balaban J connectivity index is 2.02. The Morgan fingerprint density at radius 2 is 2.26 bits per heavy atom. The second kappa shape index (κ2) is 8.41. The van der Waals surface area contributed by atoms with Crippen molar-refractivity contribution in [2.45, 2.75) is 19.9 Å². The summed E-state index contributed by atoms with van der Waals surface area (Å²) in [5.41, 5.74) is 2.05. The number of esters is 1. The monoisotopic (exact) mass is 452 g/mol. The molecule has 2 heterocycles.